The zero-order chi connectivity index (χ0) is 16.7. The van der Waals surface area contributed by atoms with Gasteiger partial charge in [0.25, 0.3) is 0 Å². The average molecular weight is 344 g/mol. The molecule has 2 heterocycles. The normalized spacial score (nSPS) is 17.4. The maximum atomic E-state index is 11.5. The molecule has 7 heteroatoms. The second-order valence-electron chi connectivity index (χ2n) is 5.84. The zero-order valence-corrected chi connectivity index (χ0v) is 13.6. The maximum Gasteiger partial charge on any atom is 0.138 e. The third kappa shape index (κ3) is 2.69. The molecule has 0 amide bonds. The van der Waals surface area contributed by atoms with E-state index in [0.29, 0.717) is 37.6 Å². The van der Waals surface area contributed by atoms with E-state index in [9.17, 15) is 10.3 Å². The smallest absolute Gasteiger partial charge is 0.138 e. The first-order chi connectivity index (χ1) is 11.6. The monoisotopic (exact) mass is 343 g/mol. The first-order valence-corrected chi connectivity index (χ1v) is 8.14. The number of hydrogen-bond donors (Lipinski definition) is 2. The second kappa shape index (κ2) is 5.98. The number of aromatic hydroxyl groups is 1. The van der Waals surface area contributed by atoms with Gasteiger partial charge >= 0.3 is 0 Å². The lowest BCUT2D eigenvalue weighted by molar-refractivity contribution is 0.238. The number of aliphatic imine (C=N–C) groups is 1. The highest BCUT2D eigenvalue weighted by Gasteiger charge is 2.23. The van der Waals surface area contributed by atoms with Crippen LogP contribution in [0, 0.1) is 5.21 Å². The number of fused-ring (bicyclic) bond motifs is 2. The molecular formula is C17H16ClN4O2-. The molecule has 6 nitrogen and oxygen atoms in total. The summed E-state index contributed by atoms with van der Waals surface area (Å²) in [4.78, 5) is 6.91. The SMILES string of the molecule is [O-]N1CCN(C2=Nc3cc(Cl)c(O)cc3Nc3ccccc32)CC1. The topological polar surface area (TPSA) is 74.2 Å². The fourth-order valence-electron chi connectivity index (χ4n) is 2.99. The summed E-state index contributed by atoms with van der Waals surface area (Å²) in [5.41, 5.74) is 3.22. The molecule has 0 bridgehead atoms. The summed E-state index contributed by atoms with van der Waals surface area (Å²) >= 11 is 6.05. The van der Waals surface area contributed by atoms with Crippen LogP contribution in [0.15, 0.2) is 41.4 Å². The number of anilines is 2. The van der Waals surface area contributed by atoms with Crippen molar-refractivity contribution in [2.75, 3.05) is 31.5 Å². The highest BCUT2D eigenvalue weighted by molar-refractivity contribution is 6.32. The van der Waals surface area contributed by atoms with Crippen molar-refractivity contribution in [3.8, 4) is 5.75 Å². The summed E-state index contributed by atoms with van der Waals surface area (Å²) in [7, 11) is 0. The van der Waals surface area contributed by atoms with E-state index in [-0.39, 0.29) is 10.8 Å². The molecule has 4 rings (SSSR count). The van der Waals surface area contributed by atoms with E-state index in [1.807, 2.05) is 24.3 Å². The lowest BCUT2D eigenvalue weighted by Crippen LogP contribution is -2.46. The van der Waals surface area contributed by atoms with Crippen LogP contribution in [0.1, 0.15) is 5.56 Å². The van der Waals surface area contributed by atoms with E-state index in [4.69, 9.17) is 16.6 Å². The molecule has 124 valence electrons. The fraction of sp³-hybridized carbons (Fsp3) is 0.235. The van der Waals surface area contributed by atoms with Crippen molar-refractivity contribution in [3.63, 3.8) is 0 Å². The fourth-order valence-corrected chi connectivity index (χ4v) is 3.15. The highest BCUT2D eigenvalue weighted by Crippen LogP contribution is 2.40. The predicted molar refractivity (Wildman–Crippen MR) is 95.6 cm³/mol. The number of para-hydroxylation sites is 1. The lowest BCUT2D eigenvalue weighted by Gasteiger charge is -2.40. The van der Waals surface area contributed by atoms with Crippen LogP contribution in [-0.2, 0) is 0 Å². The van der Waals surface area contributed by atoms with Gasteiger partial charge in [-0.05, 0) is 18.2 Å². The first-order valence-electron chi connectivity index (χ1n) is 7.76. The molecule has 1 fully saturated rings. The summed E-state index contributed by atoms with van der Waals surface area (Å²) in [6, 6.07) is 11.1. The van der Waals surface area contributed by atoms with Crippen LogP contribution in [-0.4, -0.2) is 47.1 Å². The Bertz CT molecular complexity index is 816. The molecule has 24 heavy (non-hydrogen) atoms. The Kier molecular flexibility index (Phi) is 3.80. The van der Waals surface area contributed by atoms with Crippen molar-refractivity contribution in [2.24, 2.45) is 4.99 Å². The minimum absolute atomic E-state index is 0.0130. The molecule has 0 saturated carbocycles. The standard InChI is InChI=1S/C17H16ClN4O2/c18-12-9-14-15(10-16(12)23)19-13-4-2-1-3-11(13)17(20-14)21-5-7-22(24)8-6-21/h1-4,9-10,19,23H,5-8H2/q-1. The number of rotatable bonds is 0. The number of piperazine rings is 1. The number of halogens is 1. The van der Waals surface area contributed by atoms with Gasteiger partial charge in [-0.15, -0.1) is 0 Å². The van der Waals surface area contributed by atoms with Gasteiger partial charge in [0, 0.05) is 43.5 Å². The van der Waals surface area contributed by atoms with Crippen molar-refractivity contribution in [1.29, 1.82) is 0 Å². The number of phenols is 1. The number of phenolic OH excluding ortho intramolecular Hbond substituents is 1. The van der Waals surface area contributed by atoms with Crippen molar-refractivity contribution >= 4 is 34.5 Å². The van der Waals surface area contributed by atoms with Gasteiger partial charge in [-0.2, -0.15) is 0 Å². The first kappa shape index (κ1) is 15.3. The highest BCUT2D eigenvalue weighted by atomic mass is 35.5. The summed E-state index contributed by atoms with van der Waals surface area (Å²) < 4.78 is 0. The van der Waals surface area contributed by atoms with Crippen LogP contribution in [0.3, 0.4) is 0 Å². The molecule has 2 aliphatic heterocycles. The average Bonchev–Trinajstić information content (AvgIpc) is 2.73. The number of hydroxylamine groups is 2. The minimum atomic E-state index is 0.0130. The number of amidine groups is 1. The largest absolute Gasteiger partial charge is 0.785 e. The summed E-state index contributed by atoms with van der Waals surface area (Å²) in [6.07, 6.45) is 0. The summed E-state index contributed by atoms with van der Waals surface area (Å²) in [6.45, 7) is 2.16. The van der Waals surface area contributed by atoms with Gasteiger partial charge in [-0.25, -0.2) is 4.99 Å². The summed E-state index contributed by atoms with van der Waals surface area (Å²) in [5.74, 6) is 0.825. The molecule has 0 aromatic heterocycles. The van der Waals surface area contributed by atoms with E-state index in [1.54, 1.807) is 12.1 Å². The van der Waals surface area contributed by atoms with E-state index in [0.717, 1.165) is 22.1 Å². The van der Waals surface area contributed by atoms with Crippen LogP contribution in [0.2, 0.25) is 5.02 Å². The van der Waals surface area contributed by atoms with E-state index < -0.39 is 0 Å². The third-order valence-corrected chi connectivity index (χ3v) is 4.57. The number of benzene rings is 2. The van der Waals surface area contributed by atoms with Crippen LogP contribution >= 0.6 is 11.6 Å². The van der Waals surface area contributed by atoms with Crippen LogP contribution in [0.25, 0.3) is 0 Å². The van der Waals surface area contributed by atoms with Crippen LogP contribution < -0.4 is 5.32 Å². The summed E-state index contributed by atoms with van der Waals surface area (Å²) in [5, 5.41) is 26.0. The number of hydrogen-bond acceptors (Lipinski definition) is 6. The molecule has 0 unspecified atom stereocenters. The Hall–Kier alpha value is -2.28. The molecule has 2 aromatic carbocycles. The molecule has 0 aliphatic carbocycles. The van der Waals surface area contributed by atoms with Gasteiger partial charge in [0.1, 0.15) is 11.6 Å². The van der Waals surface area contributed by atoms with Gasteiger partial charge in [-0.1, -0.05) is 23.7 Å². The molecule has 1 saturated heterocycles. The zero-order valence-electron chi connectivity index (χ0n) is 12.9. The van der Waals surface area contributed by atoms with Crippen molar-refractivity contribution in [1.82, 2.24) is 9.96 Å². The molecule has 2 aromatic rings. The molecular weight excluding hydrogens is 328 g/mol. The molecule has 2 aliphatic rings. The van der Waals surface area contributed by atoms with Gasteiger partial charge < -0.3 is 25.6 Å². The molecule has 0 spiro atoms. The maximum absolute atomic E-state index is 11.5. The Morgan fingerprint density at radius 1 is 1.08 bits per heavy atom. The molecule has 2 N–H and O–H groups in total. The third-order valence-electron chi connectivity index (χ3n) is 4.27. The van der Waals surface area contributed by atoms with Gasteiger partial charge in [0.05, 0.1) is 16.4 Å². The Morgan fingerprint density at radius 3 is 2.62 bits per heavy atom. The van der Waals surface area contributed by atoms with Gasteiger partial charge in [0.15, 0.2) is 0 Å². The van der Waals surface area contributed by atoms with Crippen molar-refractivity contribution in [3.05, 3.63) is 52.2 Å². The quantitative estimate of drug-likeness (QED) is 0.767. The Morgan fingerprint density at radius 2 is 1.83 bits per heavy atom. The van der Waals surface area contributed by atoms with Crippen molar-refractivity contribution < 1.29 is 5.11 Å². The Balaban J connectivity index is 1.85. The lowest BCUT2D eigenvalue weighted by atomic mass is 10.1. The van der Waals surface area contributed by atoms with Gasteiger partial charge in [0.2, 0.25) is 0 Å². The van der Waals surface area contributed by atoms with E-state index in [2.05, 4.69) is 10.2 Å². The van der Waals surface area contributed by atoms with E-state index in [1.165, 1.54) is 0 Å². The van der Waals surface area contributed by atoms with Crippen LogP contribution in [0.4, 0.5) is 17.1 Å². The second-order valence-corrected chi connectivity index (χ2v) is 6.25. The van der Waals surface area contributed by atoms with E-state index >= 15 is 0 Å². The number of nitrogens with zero attached hydrogens (tertiary/aromatic N) is 3. The molecule has 0 atom stereocenters. The van der Waals surface area contributed by atoms with Crippen LogP contribution in [0.5, 0.6) is 5.75 Å². The minimum Gasteiger partial charge on any atom is -0.785 e. The predicted octanol–water partition coefficient (Wildman–Crippen LogP) is 3.30. The van der Waals surface area contributed by atoms with Gasteiger partial charge in [-0.3, -0.25) is 0 Å². The molecule has 0 radical (unpaired) electrons. The number of nitrogens with one attached hydrogen (secondary N) is 1. The van der Waals surface area contributed by atoms with Crippen molar-refractivity contribution in [2.45, 2.75) is 0 Å². The Labute approximate surface area is 144 Å².